The molecule has 0 bridgehead atoms. The molecule has 1 atom stereocenters. The zero-order valence-corrected chi connectivity index (χ0v) is 18.9. The molecule has 1 unspecified atom stereocenters. The lowest BCUT2D eigenvalue weighted by Crippen LogP contribution is -2.46. The van der Waals surface area contributed by atoms with E-state index in [4.69, 9.17) is 0 Å². The van der Waals surface area contributed by atoms with E-state index in [1.54, 1.807) is 17.5 Å². The molecule has 1 saturated heterocycles. The summed E-state index contributed by atoms with van der Waals surface area (Å²) in [6.07, 6.45) is 1.39. The van der Waals surface area contributed by atoms with Gasteiger partial charge in [-0.1, -0.05) is 66.7 Å². The van der Waals surface area contributed by atoms with Crippen LogP contribution in [0.4, 0.5) is 0 Å². The summed E-state index contributed by atoms with van der Waals surface area (Å²) < 4.78 is 27.8. The lowest BCUT2D eigenvalue weighted by atomic mass is 9.97. The number of piperidine rings is 1. The third-order valence-corrected chi connectivity index (χ3v) is 8.80. The van der Waals surface area contributed by atoms with Crippen molar-refractivity contribution < 1.29 is 13.2 Å². The van der Waals surface area contributed by atoms with E-state index in [2.05, 4.69) is 0 Å². The van der Waals surface area contributed by atoms with Crippen molar-refractivity contribution in [2.75, 3.05) is 13.1 Å². The first-order chi connectivity index (χ1) is 15.0. The Morgan fingerprint density at radius 3 is 2.10 bits per heavy atom. The van der Waals surface area contributed by atoms with Crippen LogP contribution in [0.2, 0.25) is 0 Å². The average Bonchev–Trinajstić information content (AvgIpc) is 3.36. The van der Waals surface area contributed by atoms with E-state index in [1.165, 1.54) is 15.6 Å². The average molecular weight is 455 g/mol. The van der Waals surface area contributed by atoms with Gasteiger partial charge in [0.25, 0.3) is 10.0 Å². The molecule has 3 aromatic rings. The van der Waals surface area contributed by atoms with Crippen LogP contribution in [0.15, 0.2) is 82.4 Å². The molecule has 0 aliphatic carbocycles. The molecule has 0 radical (unpaired) electrons. The predicted octanol–water partition coefficient (Wildman–Crippen LogP) is 4.38. The molecule has 31 heavy (non-hydrogen) atoms. The summed E-state index contributed by atoms with van der Waals surface area (Å²) in [5.41, 5.74) is 2.12. The predicted molar refractivity (Wildman–Crippen MR) is 123 cm³/mol. The highest BCUT2D eigenvalue weighted by Gasteiger charge is 2.35. The first kappa shape index (κ1) is 21.7. The Hall–Kier alpha value is -2.48. The van der Waals surface area contributed by atoms with Crippen molar-refractivity contribution in [2.24, 2.45) is 5.92 Å². The number of rotatable bonds is 7. The first-order valence-electron chi connectivity index (χ1n) is 10.4. The van der Waals surface area contributed by atoms with Crippen LogP contribution in [-0.4, -0.2) is 36.6 Å². The van der Waals surface area contributed by atoms with Gasteiger partial charge in [0.15, 0.2) is 0 Å². The molecule has 162 valence electrons. The van der Waals surface area contributed by atoms with Gasteiger partial charge in [-0.15, -0.1) is 11.3 Å². The molecule has 0 spiro atoms. The fraction of sp³-hybridized carbons (Fsp3) is 0.292. The molecule has 0 N–H and O–H groups in total. The Bertz CT molecular complexity index is 1040. The molecule has 2 heterocycles. The summed E-state index contributed by atoms with van der Waals surface area (Å²) in [6.45, 7) is 1.70. The summed E-state index contributed by atoms with van der Waals surface area (Å²) in [7, 11) is -3.55. The molecule has 1 aliphatic rings. The van der Waals surface area contributed by atoms with Crippen molar-refractivity contribution in [1.29, 1.82) is 0 Å². The third kappa shape index (κ3) is 5.23. The summed E-state index contributed by atoms with van der Waals surface area (Å²) in [4.78, 5) is 15.4. The number of thiophene rings is 1. The Balaban J connectivity index is 1.54. The number of hydrogen-bond acceptors (Lipinski definition) is 4. The zero-order chi connectivity index (χ0) is 21.7. The zero-order valence-electron chi connectivity index (χ0n) is 17.3. The van der Waals surface area contributed by atoms with Gasteiger partial charge in [0.05, 0.1) is 5.92 Å². The van der Waals surface area contributed by atoms with Crippen LogP contribution in [0.25, 0.3) is 0 Å². The van der Waals surface area contributed by atoms with Gasteiger partial charge in [-0.3, -0.25) is 4.79 Å². The van der Waals surface area contributed by atoms with Crippen LogP contribution in [0.3, 0.4) is 0 Å². The fourth-order valence-electron chi connectivity index (χ4n) is 3.98. The first-order valence-corrected chi connectivity index (χ1v) is 12.8. The van der Waals surface area contributed by atoms with Crippen molar-refractivity contribution in [3.63, 3.8) is 0 Å². The third-order valence-electron chi connectivity index (χ3n) is 5.57. The molecule has 7 heteroatoms. The van der Waals surface area contributed by atoms with Crippen molar-refractivity contribution in [3.05, 3.63) is 89.3 Å². The topological polar surface area (TPSA) is 57.7 Å². The highest BCUT2D eigenvalue weighted by Crippen LogP contribution is 2.28. The van der Waals surface area contributed by atoms with Gasteiger partial charge >= 0.3 is 0 Å². The molecule has 1 amide bonds. The Labute approximate surface area is 188 Å². The largest absolute Gasteiger partial charge is 0.334 e. The van der Waals surface area contributed by atoms with Crippen LogP contribution in [0.5, 0.6) is 0 Å². The van der Waals surface area contributed by atoms with E-state index in [9.17, 15) is 13.2 Å². The highest BCUT2D eigenvalue weighted by molar-refractivity contribution is 7.91. The maximum Gasteiger partial charge on any atom is 0.252 e. The van der Waals surface area contributed by atoms with Gasteiger partial charge in [0.1, 0.15) is 4.21 Å². The van der Waals surface area contributed by atoms with Gasteiger partial charge in [0, 0.05) is 26.2 Å². The van der Waals surface area contributed by atoms with Crippen LogP contribution >= 0.6 is 11.3 Å². The van der Waals surface area contributed by atoms with Crippen molar-refractivity contribution in [2.45, 2.75) is 30.1 Å². The maximum absolute atomic E-state index is 13.6. The SMILES string of the molecule is O=C(C1CCCN(S(=O)(=O)c2cccs2)C1)N(Cc1ccccc1)Cc1ccccc1. The Morgan fingerprint density at radius 1 is 0.935 bits per heavy atom. The van der Waals surface area contributed by atoms with Gasteiger partial charge in [-0.25, -0.2) is 8.42 Å². The smallest absolute Gasteiger partial charge is 0.252 e. The van der Waals surface area contributed by atoms with Gasteiger partial charge in [-0.05, 0) is 35.4 Å². The van der Waals surface area contributed by atoms with E-state index >= 15 is 0 Å². The van der Waals surface area contributed by atoms with E-state index in [0.29, 0.717) is 36.7 Å². The number of carbonyl (C=O) groups is 1. The number of benzene rings is 2. The summed E-state index contributed by atoms with van der Waals surface area (Å²) >= 11 is 1.22. The lowest BCUT2D eigenvalue weighted by molar-refractivity contribution is -0.138. The van der Waals surface area contributed by atoms with Crippen molar-refractivity contribution >= 4 is 27.3 Å². The summed E-state index contributed by atoms with van der Waals surface area (Å²) in [5, 5.41) is 1.76. The second-order valence-corrected chi connectivity index (χ2v) is 10.9. The lowest BCUT2D eigenvalue weighted by Gasteiger charge is -2.34. The molecule has 2 aromatic carbocycles. The number of carbonyl (C=O) groups excluding carboxylic acids is 1. The number of amides is 1. The van der Waals surface area contributed by atoms with Crippen LogP contribution in [0, 0.1) is 5.92 Å². The minimum atomic E-state index is -3.55. The molecule has 1 fully saturated rings. The van der Waals surface area contributed by atoms with Crippen LogP contribution in [-0.2, 0) is 27.9 Å². The normalized spacial score (nSPS) is 17.4. The second-order valence-electron chi connectivity index (χ2n) is 7.80. The quantitative estimate of drug-likeness (QED) is 0.532. The van der Waals surface area contributed by atoms with E-state index in [-0.39, 0.29) is 18.4 Å². The van der Waals surface area contributed by atoms with Crippen LogP contribution in [0.1, 0.15) is 24.0 Å². The molecule has 1 aromatic heterocycles. The minimum Gasteiger partial charge on any atom is -0.334 e. The maximum atomic E-state index is 13.6. The molecular formula is C24H26N2O3S2. The number of hydrogen-bond donors (Lipinski definition) is 0. The fourth-order valence-corrected chi connectivity index (χ4v) is 6.65. The van der Waals surface area contributed by atoms with Crippen molar-refractivity contribution in [1.82, 2.24) is 9.21 Å². The molecule has 1 aliphatic heterocycles. The standard InChI is InChI=1S/C24H26N2O3S2/c27-24(22-13-7-15-26(19-22)31(28,29)23-14-8-16-30-23)25(17-20-9-3-1-4-10-20)18-21-11-5-2-6-12-21/h1-6,8-12,14,16,22H,7,13,15,17-19H2. The summed E-state index contributed by atoms with van der Waals surface area (Å²) in [5.74, 6) is -0.324. The number of nitrogens with zero attached hydrogens (tertiary/aromatic N) is 2. The van der Waals surface area contributed by atoms with Gasteiger partial charge in [-0.2, -0.15) is 4.31 Å². The highest BCUT2D eigenvalue weighted by atomic mass is 32.2. The molecule has 0 saturated carbocycles. The van der Waals surface area contributed by atoms with E-state index in [1.807, 2.05) is 65.6 Å². The van der Waals surface area contributed by atoms with Gasteiger partial charge < -0.3 is 4.90 Å². The Kier molecular flexibility index (Phi) is 6.85. The van der Waals surface area contributed by atoms with E-state index in [0.717, 1.165) is 11.1 Å². The monoisotopic (exact) mass is 454 g/mol. The van der Waals surface area contributed by atoms with E-state index < -0.39 is 10.0 Å². The molecule has 4 rings (SSSR count). The minimum absolute atomic E-state index is 0.0128. The Morgan fingerprint density at radius 2 is 1.55 bits per heavy atom. The van der Waals surface area contributed by atoms with Gasteiger partial charge in [0.2, 0.25) is 5.91 Å². The van der Waals surface area contributed by atoms with Crippen LogP contribution < -0.4 is 0 Å². The van der Waals surface area contributed by atoms with Crippen molar-refractivity contribution in [3.8, 4) is 0 Å². The molecule has 5 nitrogen and oxygen atoms in total. The number of sulfonamides is 1. The molecular weight excluding hydrogens is 428 g/mol. The summed E-state index contributed by atoms with van der Waals surface area (Å²) in [6, 6.07) is 23.2. The second kappa shape index (κ2) is 9.77.